The normalized spacial score (nSPS) is 12.5. The van der Waals surface area contributed by atoms with Crippen molar-refractivity contribution in [2.45, 2.75) is 37.9 Å². The number of carboxylic acids is 4. The Bertz CT molecular complexity index is 316. The molecule has 10 heteroatoms. The van der Waals surface area contributed by atoms with Gasteiger partial charge in [-0.15, -0.1) is 0 Å². The molecule has 0 bridgehead atoms. The molecule has 0 unspecified atom stereocenters. The fourth-order valence-corrected chi connectivity index (χ4v) is 0.767. The minimum atomic E-state index is -1.56. The molecule has 0 aliphatic rings. The van der Waals surface area contributed by atoms with Crippen molar-refractivity contribution < 1.29 is 49.8 Å². The lowest BCUT2D eigenvalue weighted by Crippen LogP contribution is -2.20. The highest BCUT2D eigenvalue weighted by atomic mass is 16.4. The molecule has 0 fully saturated rings. The molecule has 20 heavy (non-hydrogen) atoms. The quantitative estimate of drug-likeness (QED) is 0.310. The molecule has 6 N–H and O–H groups in total. The zero-order valence-corrected chi connectivity index (χ0v) is 10.3. The molecule has 0 rings (SSSR count). The van der Waals surface area contributed by atoms with Gasteiger partial charge in [0.1, 0.15) is 0 Å². The van der Waals surface area contributed by atoms with Gasteiger partial charge in [-0.2, -0.15) is 0 Å². The topological polar surface area (TPSA) is 190 Å². The highest BCUT2D eigenvalue weighted by Crippen LogP contribution is 1.96. The smallest absolute Gasteiger partial charge is 0.332 e. The number of carboxylic acid groups (broad SMARTS) is 4. The summed E-state index contributed by atoms with van der Waals surface area (Å²) in [7, 11) is 0. The zero-order valence-electron chi connectivity index (χ0n) is 10.3. The lowest BCUT2D eigenvalue weighted by atomic mass is 10.2. The summed E-state index contributed by atoms with van der Waals surface area (Å²) in [6, 6.07) is 0. The van der Waals surface area contributed by atoms with Crippen molar-refractivity contribution in [3.63, 3.8) is 0 Å². The molecule has 0 heterocycles. The summed E-state index contributed by atoms with van der Waals surface area (Å²) in [6.07, 6.45) is -4.26. The number of rotatable bonds is 8. The van der Waals surface area contributed by atoms with Crippen LogP contribution in [-0.2, 0) is 19.2 Å². The lowest BCUT2D eigenvalue weighted by molar-refractivity contribution is -0.149. The number of aliphatic hydroxyl groups excluding tert-OH is 2. The zero-order chi connectivity index (χ0) is 16.3. The summed E-state index contributed by atoms with van der Waals surface area (Å²) in [5, 5.41) is 49.2. The van der Waals surface area contributed by atoms with E-state index >= 15 is 0 Å². The van der Waals surface area contributed by atoms with Crippen LogP contribution in [-0.4, -0.2) is 66.7 Å². The molecule has 0 spiro atoms. The van der Waals surface area contributed by atoms with Gasteiger partial charge in [-0.1, -0.05) is 0 Å². The predicted octanol–water partition coefficient (Wildman–Crippen LogP) is -1.41. The lowest BCUT2D eigenvalue weighted by Gasteiger charge is -2.00. The summed E-state index contributed by atoms with van der Waals surface area (Å²) >= 11 is 0. The second-order valence-electron chi connectivity index (χ2n) is 3.57. The van der Waals surface area contributed by atoms with Gasteiger partial charge >= 0.3 is 23.9 Å². The molecule has 10 nitrogen and oxygen atoms in total. The fourth-order valence-electron chi connectivity index (χ4n) is 0.767. The summed E-state index contributed by atoms with van der Waals surface area (Å²) in [5.41, 5.74) is 0. The predicted molar refractivity (Wildman–Crippen MR) is 61.0 cm³/mol. The molecular formula is C10H16O10. The molecule has 116 valence electrons. The molecule has 0 radical (unpaired) electrons. The number of hydrogen-bond donors (Lipinski definition) is 6. The van der Waals surface area contributed by atoms with E-state index in [0.717, 1.165) is 0 Å². The van der Waals surface area contributed by atoms with E-state index in [0.29, 0.717) is 0 Å². The Labute approximate surface area is 112 Å². The van der Waals surface area contributed by atoms with E-state index in [1.807, 2.05) is 0 Å². The summed E-state index contributed by atoms with van der Waals surface area (Å²) in [4.78, 5) is 39.4. The Kier molecular flexibility index (Phi) is 10.8. The van der Waals surface area contributed by atoms with Crippen LogP contribution in [0.25, 0.3) is 0 Å². The monoisotopic (exact) mass is 296 g/mol. The molecule has 0 aliphatic heterocycles. The van der Waals surface area contributed by atoms with Crippen LogP contribution in [0.5, 0.6) is 0 Å². The second kappa shape index (κ2) is 10.7. The molecule has 0 aromatic rings. The van der Waals surface area contributed by atoms with Crippen molar-refractivity contribution in [1.82, 2.24) is 0 Å². The van der Waals surface area contributed by atoms with Crippen molar-refractivity contribution in [2.75, 3.05) is 0 Å². The van der Waals surface area contributed by atoms with Crippen LogP contribution >= 0.6 is 0 Å². The van der Waals surface area contributed by atoms with Gasteiger partial charge in [0.2, 0.25) is 0 Å². The van der Waals surface area contributed by atoms with Gasteiger partial charge in [0.25, 0.3) is 0 Å². The van der Waals surface area contributed by atoms with Gasteiger partial charge in [-0.3, -0.25) is 9.59 Å². The molecule has 0 aliphatic carbocycles. The van der Waals surface area contributed by atoms with Crippen LogP contribution in [0.2, 0.25) is 0 Å². The Morgan fingerprint density at radius 1 is 0.650 bits per heavy atom. The molecule has 2 atom stereocenters. The Hall–Kier alpha value is -2.20. The second-order valence-corrected chi connectivity index (χ2v) is 3.57. The number of carbonyl (C=O) groups is 4. The van der Waals surface area contributed by atoms with E-state index in [-0.39, 0.29) is 25.7 Å². The van der Waals surface area contributed by atoms with Crippen molar-refractivity contribution >= 4 is 23.9 Å². The van der Waals surface area contributed by atoms with Gasteiger partial charge in [0.15, 0.2) is 12.2 Å². The first-order valence-corrected chi connectivity index (χ1v) is 5.33. The highest BCUT2D eigenvalue weighted by molar-refractivity contribution is 5.74. The molecule has 0 saturated heterocycles. The van der Waals surface area contributed by atoms with Crippen LogP contribution in [0.1, 0.15) is 25.7 Å². The first-order chi connectivity index (χ1) is 9.07. The first kappa shape index (κ1) is 20.1. The van der Waals surface area contributed by atoms with Gasteiger partial charge < -0.3 is 30.6 Å². The third-order valence-corrected chi connectivity index (χ3v) is 1.83. The molecule has 0 saturated carbocycles. The molecule has 0 aromatic carbocycles. The van der Waals surface area contributed by atoms with Crippen LogP contribution in [0.4, 0.5) is 0 Å². The van der Waals surface area contributed by atoms with Crippen LogP contribution in [0, 0.1) is 0 Å². The van der Waals surface area contributed by atoms with Crippen LogP contribution < -0.4 is 0 Å². The number of aliphatic hydroxyl groups is 2. The average molecular weight is 296 g/mol. The average Bonchev–Trinajstić information content (AvgIpc) is 2.33. The summed E-state index contributed by atoms with van der Waals surface area (Å²) in [5.74, 6) is -5.00. The van der Waals surface area contributed by atoms with E-state index in [1.165, 1.54) is 0 Å². The van der Waals surface area contributed by atoms with E-state index in [1.54, 1.807) is 0 Å². The first-order valence-electron chi connectivity index (χ1n) is 5.33. The third kappa shape index (κ3) is 13.9. The molecule has 0 aromatic heterocycles. The SMILES string of the molecule is O=C(O)CC[C@@H](O)C(=O)O.O=C(O)CC[C@@H](O)C(=O)O. The van der Waals surface area contributed by atoms with E-state index < -0.39 is 36.1 Å². The van der Waals surface area contributed by atoms with Gasteiger partial charge in [0.05, 0.1) is 0 Å². The largest absolute Gasteiger partial charge is 0.481 e. The molecular weight excluding hydrogens is 280 g/mol. The van der Waals surface area contributed by atoms with Crippen LogP contribution in [0.3, 0.4) is 0 Å². The highest BCUT2D eigenvalue weighted by Gasteiger charge is 2.14. The van der Waals surface area contributed by atoms with E-state index in [2.05, 4.69) is 0 Å². The standard InChI is InChI=1S/2C5H8O5/c2*6-3(5(9)10)1-2-4(7)8/h2*3,6H,1-2H2,(H,7,8)(H,9,10)/t2*3-/m11/s1. The van der Waals surface area contributed by atoms with E-state index in [4.69, 9.17) is 30.6 Å². The van der Waals surface area contributed by atoms with Gasteiger partial charge in [-0.25, -0.2) is 9.59 Å². The maximum absolute atomic E-state index is 9.87. The minimum absolute atomic E-state index is 0.245. The van der Waals surface area contributed by atoms with Gasteiger partial charge in [-0.05, 0) is 12.8 Å². The summed E-state index contributed by atoms with van der Waals surface area (Å²) in [6.45, 7) is 0. The van der Waals surface area contributed by atoms with Crippen molar-refractivity contribution in [2.24, 2.45) is 0 Å². The Morgan fingerprint density at radius 3 is 1.05 bits per heavy atom. The van der Waals surface area contributed by atoms with Gasteiger partial charge in [0, 0.05) is 12.8 Å². The fraction of sp³-hybridized carbons (Fsp3) is 0.600. The van der Waals surface area contributed by atoms with Crippen molar-refractivity contribution in [3.05, 3.63) is 0 Å². The Morgan fingerprint density at radius 2 is 0.900 bits per heavy atom. The van der Waals surface area contributed by atoms with Crippen LogP contribution in [0.15, 0.2) is 0 Å². The molecule has 0 amide bonds. The van der Waals surface area contributed by atoms with Crippen molar-refractivity contribution in [1.29, 1.82) is 0 Å². The van der Waals surface area contributed by atoms with E-state index in [9.17, 15) is 19.2 Å². The minimum Gasteiger partial charge on any atom is -0.481 e. The third-order valence-electron chi connectivity index (χ3n) is 1.83. The maximum atomic E-state index is 9.87. The maximum Gasteiger partial charge on any atom is 0.332 e. The number of aliphatic carboxylic acids is 4. The number of hydrogen-bond acceptors (Lipinski definition) is 6. The summed E-state index contributed by atoms with van der Waals surface area (Å²) < 4.78 is 0. The Balaban J connectivity index is 0. The van der Waals surface area contributed by atoms with Crippen molar-refractivity contribution in [3.8, 4) is 0 Å².